The number of rotatable bonds is 5. The summed E-state index contributed by atoms with van der Waals surface area (Å²) < 4.78 is 11.2. The van der Waals surface area contributed by atoms with Gasteiger partial charge in [0.15, 0.2) is 0 Å². The summed E-state index contributed by atoms with van der Waals surface area (Å²) in [4.78, 5) is 0. The maximum atomic E-state index is 10.9. The molecule has 0 atom stereocenters. The molecule has 0 aromatic heterocycles. The van der Waals surface area contributed by atoms with Gasteiger partial charge in [0, 0.05) is 16.7 Å². The molecule has 3 heteroatoms. The van der Waals surface area contributed by atoms with Crippen LogP contribution >= 0.6 is 0 Å². The second-order valence-corrected chi connectivity index (χ2v) is 5.37. The highest BCUT2D eigenvalue weighted by atomic mass is 16.5. The van der Waals surface area contributed by atoms with E-state index in [0.717, 1.165) is 22.4 Å². The zero-order chi connectivity index (χ0) is 16.9. The molecular formula is C21H20O3. The van der Waals surface area contributed by atoms with E-state index < -0.39 is 0 Å². The van der Waals surface area contributed by atoms with Crippen molar-refractivity contribution in [3.8, 4) is 39.5 Å². The van der Waals surface area contributed by atoms with E-state index >= 15 is 0 Å². The van der Waals surface area contributed by atoms with Crippen molar-refractivity contribution in [3.05, 3.63) is 66.7 Å². The molecule has 0 unspecified atom stereocenters. The fourth-order valence-electron chi connectivity index (χ4n) is 2.77. The van der Waals surface area contributed by atoms with Gasteiger partial charge >= 0.3 is 0 Å². The highest BCUT2D eigenvalue weighted by molar-refractivity contribution is 5.85. The number of para-hydroxylation sites is 1. The fraction of sp³-hybridized carbons (Fsp3) is 0.143. The van der Waals surface area contributed by atoms with Crippen molar-refractivity contribution >= 4 is 0 Å². The van der Waals surface area contributed by atoms with Gasteiger partial charge < -0.3 is 14.6 Å². The van der Waals surface area contributed by atoms with Crippen molar-refractivity contribution in [2.24, 2.45) is 0 Å². The van der Waals surface area contributed by atoms with E-state index in [-0.39, 0.29) is 5.75 Å². The second kappa shape index (κ2) is 7.09. The Morgan fingerprint density at radius 3 is 2.21 bits per heavy atom. The molecular weight excluding hydrogens is 300 g/mol. The fourth-order valence-corrected chi connectivity index (χ4v) is 2.77. The van der Waals surface area contributed by atoms with E-state index in [0.29, 0.717) is 17.9 Å². The summed E-state index contributed by atoms with van der Waals surface area (Å²) in [5, 5.41) is 10.9. The average Bonchev–Trinajstić information content (AvgIpc) is 2.64. The lowest BCUT2D eigenvalue weighted by Gasteiger charge is -2.15. The first kappa shape index (κ1) is 15.9. The minimum atomic E-state index is 0.217. The van der Waals surface area contributed by atoms with Gasteiger partial charge in [0.1, 0.15) is 17.2 Å². The summed E-state index contributed by atoms with van der Waals surface area (Å²) in [6.45, 7) is 2.50. The predicted molar refractivity (Wildman–Crippen MR) is 96.7 cm³/mol. The highest BCUT2D eigenvalue weighted by Crippen LogP contribution is 2.44. The SMILES string of the molecule is CCOc1cc(-c2ccccc2)c(O)c(-c2ccccc2OC)c1. The van der Waals surface area contributed by atoms with Gasteiger partial charge in [-0.15, -0.1) is 0 Å². The van der Waals surface area contributed by atoms with Gasteiger partial charge in [-0.1, -0.05) is 48.5 Å². The lowest BCUT2D eigenvalue weighted by atomic mass is 9.96. The third-order valence-electron chi connectivity index (χ3n) is 3.88. The Morgan fingerprint density at radius 1 is 0.833 bits per heavy atom. The number of methoxy groups -OCH3 is 1. The van der Waals surface area contributed by atoms with E-state index in [9.17, 15) is 5.11 Å². The Labute approximate surface area is 142 Å². The normalized spacial score (nSPS) is 10.4. The van der Waals surface area contributed by atoms with Crippen LogP contribution < -0.4 is 9.47 Å². The topological polar surface area (TPSA) is 38.7 Å². The van der Waals surface area contributed by atoms with Crippen LogP contribution in [0.3, 0.4) is 0 Å². The lowest BCUT2D eigenvalue weighted by Crippen LogP contribution is -1.95. The summed E-state index contributed by atoms with van der Waals surface area (Å²) >= 11 is 0. The third kappa shape index (κ3) is 3.06. The molecule has 3 aromatic carbocycles. The third-order valence-corrected chi connectivity index (χ3v) is 3.88. The summed E-state index contributed by atoms with van der Waals surface area (Å²) in [7, 11) is 1.63. The Bertz CT molecular complexity index is 826. The first-order valence-corrected chi connectivity index (χ1v) is 7.93. The molecule has 0 aliphatic heterocycles. The first-order valence-electron chi connectivity index (χ1n) is 7.93. The van der Waals surface area contributed by atoms with Gasteiger partial charge in [-0.25, -0.2) is 0 Å². The van der Waals surface area contributed by atoms with E-state index in [4.69, 9.17) is 9.47 Å². The highest BCUT2D eigenvalue weighted by Gasteiger charge is 2.16. The zero-order valence-corrected chi connectivity index (χ0v) is 13.8. The number of hydrogen-bond donors (Lipinski definition) is 1. The number of aromatic hydroxyl groups is 1. The Balaban J connectivity index is 2.24. The molecule has 0 aliphatic rings. The quantitative estimate of drug-likeness (QED) is 0.708. The molecule has 0 bridgehead atoms. The number of hydrogen-bond acceptors (Lipinski definition) is 3. The van der Waals surface area contributed by atoms with Crippen molar-refractivity contribution < 1.29 is 14.6 Å². The molecule has 3 aromatic rings. The van der Waals surface area contributed by atoms with E-state index in [2.05, 4.69) is 0 Å². The standard InChI is InChI=1S/C21H20O3/c1-3-24-16-13-18(15-9-5-4-6-10-15)21(22)19(14-16)17-11-7-8-12-20(17)23-2/h4-14,22H,3H2,1-2H3. The van der Waals surface area contributed by atoms with Crippen molar-refractivity contribution in [1.82, 2.24) is 0 Å². The molecule has 1 N–H and O–H groups in total. The number of benzene rings is 3. The molecule has 3 nitrogen and oxygen atoms in total. The van der Waals surface area contributed by atoms with Gasteiger partial charge in [-0.2, -0.15) is 0 Å². The Morgan fingerprint density at radius 2 is 1.50 bits per heavy atom. The Hall–Kier alpha value is -2.94. The summed E-state index contributed by atoms with van der Waals surface area (Å²) in [6, 6.07) is 21.1. The van der Waals surface area contributed by atoms with Crippen molar-refractivity contribution in [3.63, 3.8) is 0 Å². The molecule has 3 rings (SSSR count). The van der Waals surface area contributed by atoms with Crippen LogP contribution in [0.5, 0.6) is 17.2 Å². The maximum Gasteiger partial charge on any atom is 0.131 e. The van der Waals surface area contributed by atoms with Crippen LogP contribution in [0.15, 0.2) is 66.7 Å². The molecule has 0 saturated carbocycles. The summed E-state index contributed by atoms with van der Waals surface area (Å²) in [5.41, 5.74) is 3.20. The summed E-state index contributed by atoms with van der Waals surface area (Å²) in [6.07, 6.45) is 0. The van der Waals surface area contributed by atoms with Gasteiger partial charge in [0.05, 0.1) is 13.7 Å². The van der Waals surface area contributed by atoms with E-state index in [1.807, 2.05) is 73.7 Å². The first-order chi connectivity index (χ1) is 11.7. The van der Waals surface area contributed by atoms with Crippen molar-refractivity contribution in [1.29, 1.82) is 0 Å². The summed E-state index contributed by atoms with van der Waals surface area (Å²) in [5.74, 6) is 1.64. The smallest absolute Gasteiger partial charge is 0.131 e. The van der Waals surface area contributed by atoms with Crippen molar-refractivity contribution in [2.45, 2.75) is 6.92 Å². The minimum Gasteiger partial charge on any atom is -0.507 e. The monoisotopic (exact) mass is 320 g/mol. The van der Waals surface area contributed by atoms with Gasteiger partial charge in [0.2, 0.25) is 0 Å². The van der Waals surface area contributed by atoms with E-state index in [1.165, 1.54) is 0 Å². The molecule has 122 valence electrons. The van der Waals surface area contributed by atoms with Crippen LogP contribution in [-0.4, -0.2) is 18.8 Å². The van der Waals surface area contributed by atoms with Crippen molar-refractivity contribution in [2.75, 3.05) is 13.7 Å². The van der Waals surface area contributed by atoms with E-state index in [1.54, 1.807) is 7.11 Å². The number of ether oxygens (including phenoxy) is 2. The van der Waals surface area contributed by atoms with Crippen LogP contribution in [-0.2, 0) is 0 Å². The molecule has 0 saturated heterocycles. The molecule has 0 fully saturated rings. The second-order valence-electron chi connectivity index (χ2n) is 5.37. The van der Waals surface area contributed by atoms with Crippen LogP contribution in [0.1, 0.15) is 6.92 Å². The number of phenols is 1. The molecule has 24 heavy (non-hydrogen) atoms. The maximum absolute atomic E-state index is 10.9. The average molecular weight is 320 g/mol. The Kier molecular flexibility index (Phi) is 4.71. The lowest BCUT2D eigenvalue weighted by molar-refractivity contribution is 0.340. The van der Waals surface area contributed by atoms with Crippen LogP contribution in [0.4, 0.5) is 0 Å². The molecule has 0 spiro atoms. The predicted octanol–water partition coefficient (Wildman–Crippen LogP) is 5.13. The minimum absolute atomic E-state index is 0.217. The largest absolute Gasteiger partial charge is 0.507 e. The molecule has 0 amide bonds. The van der Waals surface area contributed by atoms with Crippen LogP contribution in [0.2, 0.25) is 0 Å². The molecule has 0 aliphatic carbocycles. The van der Waals surface area contributed by atoms with Crippen LogP contribution in [0.25, 0.3) is 22.3 Å². The van der Waals surface area contributed by atoms with Gasteiger partial charge in [-0.05, 0) is 30.7 Å². The molecule has 0 heterocycles. The zero-order valence-electron chi connectivity index (χ0n) is 13.8. The van der Waals surface area contributed by atoms with Crippen LogP contribution in [0, 0.1) is 0 Å². The van der Waals surface area contributed by atoms with Gasteiger partial charge in [-0.3, -0.25) is 0 Å². The molecule has 0 radical (unpaired) electrons. The van der Waals surface area contributed by atoms with Gasteiger partial charge in [0.25, 0.3) is 0 Å². The number of phenolic OH excluding ortho intramolecular Hbond substituents is 1.